The second-order valence-corrected chi connectivity index (χ2v) is 10.9. The topological polar surface area (TPSA) is 292 Å². The molecule has 240 valence electrons. The second-order valence-electron chi connectivity index (χ2n) is 9.74. The summed E-state index contributed by atoms with van der Waals surface area (Å²) in [7, 11) is -4.76. The average Bonchev–Trinajstić information content (AvgIpc) is 2.90. The van der Waals surface area contributed by atoms with Gasteiger partial charge in [-0.1, -0.05) is 32.4 Å². The number of amides is 3. The van der Waals surface area contributed by atoms with Gasteiger partial charge in [0.1, 0.15) is 23.9 Å². The highest BCUT2D eigenvalue weighted by molar-refractivity contribution is 7.46. The van der Waals surface area contributed by atoms with Crippen molar-refractivity contribution in [2.24, 2.45) is 11.7 Å². The van der Waals surface area contributed by atoms with Gasteiger partial charge in [0.25, 0.3) is 0 Å². The Hall–Kier alpha value is -4.05. The number of benzene rings is 1. The van der Waals surface area contributed by atoms with Crippen LogP contribution in [0.3, 0.4) is 0 Å². The summed E-state index contributed by atoms with van der Waals surface area (Å²) in [6.45, 7) is 3.31. The first-order chi connectivity index (χ1) is 19.9. The molecule has 1 rings (SSSR count). The summed E-state index contributed by atoms with van der Waals surface area (Å²) in [5.41, 5.74) is 6.34. The third-order valence-corrected chi connectivity index (χ3v) is 6.74. The van der Waals surface area contributed by atoms with Crippen LogP contribution in [0.2, 0.25) is 0 Å². The first-order valence-electron chi connectivity index (χ1n) is 13.1. The molecule has 0 unspecified atom stereocenters. The Morgan fingerprint density at radius 1 is 0.860 bits per heavy atom. The Morgan fingerprint density at radius 3 is 1.93 bits per heavy atom. The number of hydrogen-bond donors (Lipinski definition) is 9. The summed E-state index contributed by atoms with van der Waals surface area (Å²) < 4.78 is 15.3. The van der Waals surface area contributed by atoms with Crippen LogP contribution in [0.1, 0.15) is 51.5 Å². The second kappa shape index (κ2) is 17.2. The predicted octanol–water partition coefficient (Wildman–Crippen LogP) is -0.657. The third kappa shape index (κ3) is 14.1. The molecule has 5 atom stereocenters. The van der Waals surface area contributed by atoms with Gasteiger partial charge in [-0.05, 0) is 42.9 Å². The van der Waals surface area contributed by atoms with Gasteiger partial charge >= 0.3 is 25.7 Å². The highest BCUT2D eigenvalue weighted by Crippen LogP contribution is 2.37. The molecule has 0 aliphatic rings. The van der Waals surface area contributed by atoms with E-state index in [1.807, 2.05) is 0 Å². The normalized spacial score (nSPS) is 14.7. The zero-order valence-corrected chi connectivity index (χ0v) is 24.4. The van der Waals surface area contributed by atoms with E-state index in [-0.39, 0.29) is 18.6 Å². The zero-order chi connectivity index (χ0) is 32.9. The smallest absolute Gasteiger partial charge is 0.481 e. The minimum absolute atomic E-state index is 0.0802. The summed E-state index contributed by atoms with van der Waals surface area (Å²) in [6.07, 6.45) is -1.48. The van der Waals surface area contributed by atoms with Crippen molar-refractivity contribution in [3.8, 4) is 5.75 Å². The van der Waals surface area contributed by atoms with Gasteiger partial charge in [0, 0.05) is 12.8 Å². The molecule has 0 radical (unpaired) electrons. The SMILES string of the molecule is CC[C@@H](C)[C@H](NC(=O)[C@H](CCC(=O)O)NC(=O)CC[C@H](NC(=O)[C@@H](N)Cc1ccc(OP(=O)(O)O)cc1)C(=O)O)C(=O)O. The van der Waals surface area contributed by atoms with Crippen LogP contribution < -0.4 is 26.2 Å². The van der Waals surface area contributed by atoms with Crippen LogP contribution in [-0.2, 0) is 39.8 Å². The monoisotopic (exact) mass is 632 g/mol. The van der Waals surface area contributed by atoms with Crippen molar-refractivity contribution in [2.75, 3.05) is 0 Å². The van der Waals surface area contributed by atoms with E-state index in [4.69, 9.17) is 20.6 Å². The van der Waals surface area contributed by atoms with E-state index in [1.54, 1.807) is 13.8 Å². The quantitative estimate of drug-likeness (QED) is 0.0856. The molecule has 0 aliphatic heterocycles. The van der Waals surface area contributed by atoms with E-state index in [1.165, 1.54) is 24.3 Å². The molecule has 0 heterocycles. The number of carboxylic acids is 3. The summed E-state index contributed by atoms with van der Waals surface area (Å²) in [6, 6.07) is -0.215. The van der Waals surface area contributed by atoms with Crippen LogP contribution in [-0.4, -0.2) is 84.9 Å². The van der Waals surface area contributed by atoms with Gasteiger partial charge in [-0.25, -0.2) is 14.2 Å². The largest absolute Gasteiger partial charge is 0.524 e. The van der Waals surface area contributed by atoms with Gasteiger partial charge in [-0.15, -0.1) is 0 Å². The number of hydrogen-bond acceptors (Lipinski definition) is 9. The number of aliphatic carboxylic acids is 3. The molecule has 0 aliphatic carbocycles. The molecule has 10 N–H and O–H groups in total. The Kier molecular flexibility index (Phi) is 14.8. The molecule has 1 aromatic carbocycles. The summed E-state index contributed by atoms with van der Waals surface area (Å²) >= 11 is 0. The molecule has 0 bridgehead atoms. The Balaban J connectivity index is 2.80. The van der Waals surface area contributed by atoms with Crippen molar-refractivity contribution >= 4 is 43.5 Å². The number of phosphoric acid groups is 1. The maximum Gasteiger partial charge on any atom is 0.524 e. The van der Waals surface area contributed by atoms with Crippen molar-refractivity contribution in [3.63, 3.8) is 0 Å². The lowest BCUT2D eigenvalue weighted by Gasteiger charge is -2.24. The molecule has 17 nitrogen and oxygen atoms in total. The number of rotatable bonds is 19. The molecule has 43 heavy (non-hydrogen) atoms. The predicted molar refractivity (Wildman–Crippen MR) is 147 cm³/mol. The Morgan fingerprint density at radius 2 is 1.44 bits per heavy atom. The molecule has 0 saturated heterocycles. The Labute approximate surface area is 246 Å². The van der Waals surface area contributed by atoms with Crippen LogP contribution in [0.4, 0.5) is 0 Å². The number of carboxylic acid groups (broad SMARTS) is 3. The van der Waals surface area contributed by atoms with Crippen molar-refractivity contribution in [1.82, 2.24) is 16.0 Å². The molecule has 0 aromatic heterocycles. The lowest BCUT2D eigenvalue weighted by atomic mass is 9.98. The molecule has 1 aromatic rings. The van der Waals surface area contributed by atoms with Gasteiger partial charge < -0.3 is 41.5 Å². The van der Waals surface area contributed by atoms with E-state index in [2.05, 4.69) is 20.5 Å². The number of nitrogens with two attached hydrogens (primary N) is 1. The van der Waals surface area contributed by atoms with Crippen LogP contribution in [0.15, 0.2) is 24.3 Å². The standard InChI is InChI=1S/C25H37N4O13P/c1-3-13(2)21(25(37)38)29-23(34)17(9-11-20(31)32)27-19(30)10-8-18(24(35)36)28-22(33)16(26)12-14-4-6-15(7-5-14)42-43(39,40)41/h4-7,13,16-18,21H,3,8-12,26H2,1-2H3,(H,27,30)(H,28,33)(H,29,34)(H,31,32)(H,35,36)(H,37,38)(H2,39,40,41)/t13-,16+,17+,18+,21+/m1/s1. The van der Waals surface area contributed by atoms with E-state index in [0.29, 0.717) is 12.0 Å². The number of carbonyl (C=O) groups is 6. The zero-order valence-electron chi connectivity index (χ0n) is 23.5. The molecule has 0 fully saturated rings. The number of nitrogens with one attached hydrogen (secondary N) is 3. The fourth-order valence-corrected chi connectivity index (χ4v) is 4.12. The lowest BCUT2D eigenvalue weighted by Crippen LogP contribution is -2.53. The van der Waals surface area contributed by atoms with Crippen molar-refractivity contribution in [1.29, 1.82) is 0 Å². The summed E-state index contributed by atoms with van der Waals surface area (Å²) in [5.74, 6) is -7.28. The fraction of sp³-hybridized carbons (Fsp3) is 0.520. The van der Waals surface area contributed by atoms with Gasteiger partial charge in [0.2, 0.25) is 17.7 Å². The molecule has 0 saturated carbocycles. The molecular formula is C25H37N4O13P. The lowest BCUT2D eigenvalue weighted by molar-refractivity contribution is -0.144. The van der Waals surface area contributed by atoms with Crippen LogP contribution in [0, 0.1) is 5.92 Å². The molecular weight excluding hydrogens is 595 g/mol. The summed E-state index contributed by atoms with van der Waals surface area (Å²) in [4.78, 5) is 89.8. The fourth-order valence-electron chi connectivity index (χ4n) is 3.72. The maximum atomic E-state index is 12.7. The highest BCUT2D eigenvalue weighted by Gasteiger charge is 2.30. The Bertz CT molecular complexity index is 1200. The van der Waals surface area contributed by atoms with Gasteiger partial charge in [0.05, 0.1) is 6.04 Å². The molecule has 0 spiro atoms. The van der Waals surface area contributed by atoms with Crippen LogP contribution >= 0.6 is 7.82 Å². The third-order valence-electron chi connectivity index (χ3n) is 6.29. The first kappa shape index (κ1) is 37.0. The van der Waals surface area contributed by atoms with Gasteiger partial charge in [-0.2, -0.15) is 0 Å². The van der Waals surface area contributed by atoms with E-state index in [9.17, 15) is 43.5 Å². The van der Waals surface area contributed by atoms with Crippen molar-refractivity contribution < 1.29 is 63.0 Å². The minimum atomic E-state index is -4.76. The van der Waals surface area contributed by atoms with Crippen molar-refractivity contribution in [2.45, 2.75) is 76.5 Å². The highest BCUT2D eigenvalue weighted by atomic mass is 31.2. The summed E-state index contributed by atoms with van der Waals surface area (Å²) in [5, 5.41) is 34.7. The molecule has 18 heteroatoms. The van der Waals surface area contributed by atoms with E-state index < -0.39 is 92.8 Å². The van der Waals surface area contributed by atoms with E-state index >= 15 is 0 Å². The van der Waals surface area contributed by atoms with Crippen LogP contribution in [0.25, 0.3) is 0 Å². The number of carbonyl (C=O) groups excluding carboxylic acids is 3. The molecule has 3 amide bonds. The van der Waals surface area contributed by atoms with Gasteiger partial charge in [-0.3, -0.25) is 29.0 Å². The number of phosphoric ester groups is 1. The van der Waals surface area contributed by atoms with Gasteiger partial charge in [0.15, 0.2) is 0 Å². The first-order valence-corrected chi connectivity index (χ1v) is 14.6. The average molecular weight is 633 g/mol. The minimum Gasteiger partial charge on any atom is -0.481 e. The van der Waals surface area contributed by atoms with Crippen molar-refractivity contribution in [3.05, 3.63) is 29.8 Å². The van der Waals surface area contributed by atoms with Crippen LogP contribution in [0.5, 0.6) is 5.75 Å². The maximum absolute atomic E-state index is 12.7. The van der Waals surface area contributed by atoms with E-state index in [0.717, 1.165) is 0 Å².